The SMILES string of the molecule is COc1cc(C(=O)OC[C@H]2O[C@H](OC)[C@H](O)[C@@H](O)[C@@H]2O)cc(Cl)c1OCc1ccccc1. The lowest BCUT2D eigenvalue weighted by atomic mass is 9.99. The summed E-state index contributed by atoms with van der Waals surface area (Å²) in [6, 6.07) is 12.3. The first-order valence-electron chi connectivity index (χ1n) is 9.79. The summed E-state index contributed by atoms with van der Waals surface area (Å²) in [7, 11) is 2.69. The summed E-state index contributed by atoms with van der Waals surface area (Å²) in [5.74, 6) is -0.238. The number of aliphatic hydroxyl groups excluding tert-OH is 3. The number of hydrogen-bond acceptors (Lipinski definition) is 9. The van der Waals surface area contributed by atoms with E-state index in [9.17, 15) is 20.1 Å². The molecule has 0 saturated carbocycles. The smallest absolute Gasteiger partial charge is 0.338 e. The maximum absolute atomic E-state index is 12.5. The van der Waals surface area contributed by atoms with E-state index in [4.69, 9.17) is 35.3 Å². The van der Waals surface area contributed by atoms with Gasteiger partial charge in [-0.2, -0.15) is 0 Å². The van der Waals surface area contributed by atoms with Crippen molar-refractivity contribution < 1.29 is 43.8 Å². The number of benzene rings is 2. The van der Waals surface area contributed by atoms with Crippen molar-refractivity contribution in [1.82, 2.24) is 0 Å². The summed E-state index contributed by atoms with van der Waals surface area (Å²) in [5, 5.41) is 30.0. The second-order valence-electron chi connectivity index (χ2n) is 7.11. The standard InChI is InChI=1S/C22H25ClO9/c1-28-15-9-13(8-14(23)20(15)30-10-12-6-4-3-5-7-12)21(27)31-11-16-17(24)18(25)19(26)22(29-2)32-16/h3-9,16-19,22,24-26H,10-11H2,1-2H3/t16-,17-,18+,19-,22+/m1/s1. The molecule has 0 amide bonds. The quantitative estimate of drug-likeness (QED) is 0.495. The molecule has 1 aliphatic rings. The van der Waals surface area contributed by atoms with Crippen LogP contribution in [0, 0.1) is 0 Å². The van der Waals surface area contributed by atoms with E-state index in [0.29, 0.717) is 0 Å². The lowest BCUT2D eigenvalue weighted by Gasteiger charge is -2.39. The Balaban J connectivity index is 1.67. The van der Waals surface area contributed by atoms with Crippen LogP contribution in [-0.4, -0.2) is 72.8 Å². The number of aliphatic hydroxyl groups is 3. The van der Waals surface area contributed by atoms with Gasteiger partial charge in [-0.15, -0.1) is 0 Å². The second kappa shape index (κ2) is 11.0. The molecule has 32 heavy (non-hydrogen) atoms. The Labute approximate surface area is 190 Å². The predicted octanol–water partition coefficient (Wildman–Crippen LogP) is 1.54. The van der Waals surface area contributed by atoms with Crippen molar-refractivity contribution in [3.63, 3.8) is 0 Å². The van der Waals surface area contributed by atoms with Crippen LogP contribution < -0.4 is 9.47 Å². The number of rotatable bonds is 8. The molecule has 0 bridgehead atoms. The molecule has 1 saturated heterocycles. The monoisotopic (exact) mass is 468 g/mol. The zero-order chi connectivity index (χ0) is 23.3. The highest BCUT2D eigenvalue weighted by Crippen LogP contribution is 2.37. The highest BCUT2D eigenvalue weighted by atomic mass is 35.5. The summed E-state index contributed by atoms with van der Waals surface area (Å²) in [6.07, 6.45) is -6.71. The fourth-order valence-electron chi connectivity index (χ4n) is 3.20. The van der Waals surface area contributed by atoms with Crippen molar-refractivity contribution in [3.8, 4) is 11.5 Å². The van der Waals surface area contributed by atoms with Crippen molar-refractivity contribution in [2.45, 2.75) is 37.3 Å². The van der Waals surface area contributed by atoms with Crippen LogP contribution in [0.4, 0.5) is 0 Å². The summed E-state index contributed by atoms with van der Waals surface area (Å²) >= 11 is 6.31. The summed E-state index contributed by atoms with van der Waals surface area (Å²) in [5.41, 5.74) is 1.02. The van der Waals surface area contributed by atoms with Gasteiger partial charge < -0.3 is 39.0 Å². The molecule has 0 radical (unpaired) electrons. The third-order valence-electron chi connectivity index (χ3n) is 4.97. The molecule has 174 valence electrons. The number of ether oxygens (including phenoxy) is 5. The molecule has 5 atom stereocenters. The van der Waals surface area contributed by atoms with Gasteiger partial charge in [-0.25, -0.2) is 4.79 Å². The third kappa shape index (κ3) is 5.50. The summed E-state index contributed by atoms with van der Waals surface area (Å²) in [6.45, 7) is -0.137. The average molecular weight is 469 g/mol. The van der Waals surface area contributed by atoms with Gasteiger partial charge in [0.25, 0.3) is 0 Å². The van der Waals surface area contributed by atoms with Crippen LogP contribution in [0.25, 0.3) is 0 Å². The zero-order valence-corrected chi connectivity index (χ0v) is 18.3. The molecule has 3 rings (SSSR count). The van der Waals surface area contributed by atoms with Gasteiger partial charge in [-0.1, -0.05) is 41.9 Å². The van der Waals surface area contributed by atoms with Crippen LogP contribution in [0.15, 0.2) is 42.5 Å². The molecular weight excluding hydrogens is 444 g/mol. The molecular formula is C22H25ClO9. The molecule has 0 aliphatic carbocycles. The van der Waals surface area contributed by atoms with E-state index >= 15 is 0 Å². The van der Waals surface area contributed by atoms with E-state index in [-0.39, 0.29) is 28.7 Å². The average Bonchev–Trinajstić information content (AvgIpc) is 2.81. The van der Waals surface area contributed by atoms with Gasteiger partial charge in [0.1, 0.15) is 37.6 Å². The topological polar surface area (TPSA) is 124 Å². The molecule has 9 nitrogen and oxygen atoms in total. The van der Waals surface area contributed by atoms with E-state index in [1.165, 1.54) is 26.4 Å². The minimum absolute atomic E-state index is 0.0908. The van der Waals surface area contributed by atoms with E-state index < -0.39 is 43.3 Å². The molecule has 1 heterocycles. The van der Waals surface area contributed by atoms with Gasteiger partial charge in [0.15, 0.2) is 17.8 Å². The van der Waals surface area contributed by atoms with E-state index in [1.54, 1.807) is 0 Å². The van der Waals surface area contributed by atoms with Gasteiger partial charge >= 0.3 is 5.97 Å². The molecule has 3 N–H and O–H groups in total. The van der Waals surface area contributed by atoms with Crippen LogP contribution in [0.2, 0.25) is 5.02 Å². The molecule has 0 aromatic heterocycles. The minimum atomic E-state index is -1.52. The molecule has 1 aliphatic heterocycles. The van der Waals surface area contributed by atoms with E-state index in [2.05, 4.69) is 0 Å². The van der Waals surface area contributed by atoms with Crippen molar-refractivity contribution in [2.24, 2.45) is 0 Å². The Morgan fingerprint density at radius 3 is 2.44 bits per heavy atom. The highest BCUT2D eigenvalue weighted by Gasteiger charge is 2.44. The zero-order valence-electron chi connectivity index (χ0n) is 17.5. The number of hydrogen-bond donors (Lipinski definition) is 3. The van der Waals surface area contributed by atoms with Gasteiger partial charge in [0.05, 0.1) is 17.7 Å². The van der Waals surface area contributed by atoms with E-state index in [0.717, 1.165) is 5.56 Å². The minimum Gasteiger partial charge on any atom is -0.493 e. The lowest BCUT2D eigenvalue weighted by Crippen LogP contribution is -2.59. The van der Waals surface area contributed by atoms with Crippen LogP contribution in [0.3, 0.4) is 0 Å². The van der Waals surface area contributed by atoms with Crippen LogP contribution in [-0.2, 0) is 20.8 Å². The second-order valence-corrected chi connectivity index (χ2v) is 7.52. The summed E-state index contributed by atoms with van der Waals surface area (Å²) in [4.78, 5) is 12.5. The number of halogens is 1. The first-order chi connectivity index (χ1) is 15.3. The Morgan fingerprint density at radius 2 is 1.78 bits per heavy atom. The van der Waals surface area contributed by atoms with Crippen LogP contribution >= 0.6 is 11.6 Å². The van der Waals surface area contributed by atoms with Crippen molar-refractivity contribution in [3.05, 3.63) is 58.6 Å². The number of carbonyl (C=O) groups is 1. The Kier molecular flexibility index (Phi) is 8.30. The Bertz CT molecular complexity index is 906. The fourth-order valence-corrected chi connectivity index (χ4v) is 3.46. The largest absolute Gasteiger partial charge is 0.493 e. The normalized spacial score (nSPS) is 25.2. The fraction of sp³-hybridized carbons (Fsp3) is 0.409. The Morgan fingerprint density at radius 1 is 1.06 bits per heavy atom. The van der Waals surface area contributed by atoms with Gasteiger partial charge in [-0.05, 0) is 17.7 Å². The first-order valence-corrected chi connectivity index (χ1v) is 10.2. The Hall–Kier alpha value is -2.40. The third-order valence-corrected chi connectivity index (χ3v) is 5.25. The summed E-state index contributed by atoms with van der Waals surface area (Å²) < 4.78 is 26.6. The number of carbonyl (C=O) groups excluding carboxylic acids is 1. The number of methoxy groups -OCH3 is 2. The predicted molar refractivity (Wildman–Crippen MR) is 113 cm³/mol. The molecule has 0 spiro atoms. The van der Waals surface area contributed by atoms with Gasteiger partial charge in [0, 0.05) is 7.11 Å². The molecule has 2 aromatic carbocycles. The maximum atomic E-state index is 12.5. The highest BCUT2D eigenvalue weighted by molar-refractivity contribution is 6.32. The van der Waals surface area contributed by atoms with Gasteiger partial charge in [0.2, 0.25) is 0 Å². The molecule has 1 fully saturated rings. The number of esters is 1. The lowest BCUT2D eigenvalue weighted by molar-refractivity contribution is -0.294. The maximum Gasteiger partial charge on any atom is 0.338 e. The molecule has 10 heteroatoms. The van der Waals surface area contributed by atoms with Crippen molar-refractivity contribution in [2.75, 3.05) is 20.8 Å². The van der Waals surface area contributed by atoms with E-state index in [1.807, 2.05) is 30.3 Å². The van der Waals surface area contributed by atoms with Crippen molar-refractivity contribution in [1.29, 1.82) is 0 Å². The first kappa shape index (κ1) is 24.2. The molecule has 0 unspecified atom stereocenters. The van der Waals surface area contributed by atoms with Crippen molar-refractivity contribution >= 4 is 17.6 Å². The van der Waals surface area contributed by atoms with Crippen LogP contribution in [0.1, 0.15) is 15.9 Å². The van der Waals surface area contributed by atoms with Gasteiger partial charge in [-0.3, -0.25) is 0 Å². The van der Waals surface area contributed by atoms with Crippen LogP contribution in [0.5, 0.6) is 11.5 Å². The molecule has 2 aromatic rings.